The highest BCUT2D eigenvalue weighted by Gasteiger charge is 2.37. The van der Waals surface area contributed by atoms with Crippen LogP contribution in [0.25, 0.3) is 0 Å². The number of aliphatic hydroxyl groups is 1. The van der Waals surface area contributed by atoms with Gasteiger partial charge in [-0.15, -0.1) is 0 Å². The second-order valence-corrected chi connectivity index (χ2v) is 14.4. The van der Waals surface area contributed by atoms with E-state index in [-0.39, 0.29) is 24.0 Å². The molecule has 2 bridgehead atoms. The molecule has 0 radical (unpaired) electrons. The molecule has 9 heteroatoms. The topological polar surface area (TPSA) is 95.9 Å². The third-order valence-corrected chi connectivity index (χ3v) is 11.5. The van der Waals surface area contributed by atoms with Gasteiger partial charge in [-0.25, -0.2) is 13.1 Å². The lowest BCUT2D eigenvalue weighted by Gasteiger charge is -2.44. The van der Waals surface area contributed by atoms with E-state index in [4.69, 9.17) is 16.3 Å². The summed E-state index contributed by atoms with van der Waals surface area (Å²) >= 11 is 6.31. The molecule has 3 aliphatic rings. The number of carbonyl (C=O) groups excluding carboxylic acids is 1. The predicted octanol–water partition coefficient (Wildman–Crippen LogP) is 5.74. The van der Waals surface area contributed by atoms with Gasteiger partial charge in [0.1, 0.15) is 12.4 Å². The van der Waals surface area contributed by atoms with Gasteiger partial charge < -0.3 is 14.7 Å². The van der Waals surface area contributed by atoms with E-state index in [9.17, 15) is 18.3 Å². The molecule has 2 heterocycles. The molecule has 222 valence electrons. The van der Waals surface area contributed by atoms with Crippen LogP contribution in [-0.2, 0) is 23.1 Å². The highest BCUT2D eigenvalue weighted by Crippen LogP contribution is 2.43. The van der Waals surface area contributed by atoms with Crippen molar-refractivity contribution in [3.63, 3.8) is 0 Å². The molecule has 2 aromatic carbocycles. The molecule has 1 aliphatic carbocycles. The maximum atomic E-state index is 13.3. The number of sulfonamides is 1. The summed E-state index contributed by atoms with van der Waals surface area (Å²) in [7, 11) is -3.90. The zero-order valence-corrected chi connectivity index (χ0v) is 25.5. The lowest BCUT2D eigenvalue weighted by molar-refractivity contribution is 0.0901. The molecule has 0 aromatic heterocycles. The van der Waals surface area contributed by atoms with Crippen LogP contribution in [0.5, 0.6) is 5.75 Å². The van der Waals surface area contributed by atoms with Crippen LogP contribution in [-0.4, -0.2) is 44.4 Å². The largest absolute Gasteiger partial charge is 0.487 e. The average Bonchev–Trinajstić information content (AvgIpc) is 2.96. The number of hydrogen-bond donors (Lipinski definition) is 2. The number of aryl methyl sites for hydroxylation is 1. The normalized spacial score (nSPS) is 29.4. The number of hydrogen-bond acceptors (Lipinski definition) is 6. The van der Waals surface area contributed by atoms with Crippen molar-refractivity contribution in [1.29, 1.82) is 0 Å². The maximum Gasteiger partial charge on any atom is 0.264 e. The Morgan fingerprint density at radius 2 is 1.93 bits per heavy atom. The first-order valence-electron chi connectivity index (χ1n) is 14.8. The number of nitrogens with zero attached hydrogens (tertiary/aromatic N) is 1. The molecule has 5 atom stereocenters. The van der Waals surface area contributed by atoms with Crippen molar-refractivity contribution in [3.8, 4) is 5.75 Å². The van der Waals surface area contributed by atoms with Crippen LogP contribution in [0.2, 0.25) is 5.02 Å². The summed E-state index contributed by atoms with van der Waals surface area (Å²) in [5, 5.41) is 10.2. The predicted molar refractivity (Wildman–Crippen MR) is 163 cm³/mol. The molecule has 0 spiro atoms. The maximum absolute atomic E-state index is 13.3. The van der Waals surface area contributed by atoms with E-state index in [1.807, 2.05) is 31.2 Å². The number of ether oxygens (including phenoxy) is 1. The Bertz CT molecular complexity index is 1390. The fraction of sp³-hybridized carbons (Fsp3) is 0.531. The fourth-order valence-corrected chi connectivity index (χ4v) is 7.81. The van der Waals surface area contributed by atoms with Gasteiger partial charge in [0.15, 0.2) is 0 Å². The van der Waals surface area contributed by atoms with Crippen molar-refractivity contribution in [2.45, 2.75) is 64.2 Å². The Balaban J connectivity index is 1.55. The quantitative estimate of drug-likeness (QED) is 0.405. The first-order chi connectivity index (χ1) is 19.7. The molecule has 5 rings (SSSR count). The molecule has 2 N–H and O–H groups in total. The van der Waals surface area contributed by atoms with Gasteiger partial charge in [0.2, 0.25) is 10.0 Å². The summed E-state index contributed by atoms with van der Waals surface area (Å²) < 4.78 is 35.0. The lowest BCUT2D eigenvalue weighted by atomic mass is 9.66. The van der Waals surface area contributed by atoms with E-state index in [0.29, 0.717) is 35.6 Å². The van der Waals surface area contributed by atoms with Crippen LogP contribution in [0.1, 0.15) is 67.4 Å². The van der Waals surface area contributed by atoms with E-state index >= 15 is 0 Å². The van der Waals surface area contributed by atoms with Crippen LogP contribution < -0.4 is 14.4 Å². The minimum absolute atomic E-state index is 0.0331. The van der Waals surface area contributed by atoms with Gasteiger partial charge in [0.25, 0.3) is 5.91 Å². The number of rotatable bonds is 1. The second-order valence-electron chi connectivity index (χ2n) is 12.0. The lowest BCUT2D eigenvalue weighted by Crippen LogP contribution is -2.42. The minimum Gasteiger partial charge on any atom is -0.487 e. The number of benzene rings is 2. The molecule has 0 unspecified atom stereocenters. The van der Waals surface area contributed by atoms with Crippen molar-refractivity contribution in [1.82, 2.24) is 4.72 Å². The van der Waals surface area contributed by atoms with Gasteiger partial charge in [-0.3, -0.25) is 4.79 Å². The van der Waals surface area contributed by atoms with Crippen molar-refractivity contribution in [3.05, 3.63) is 70.3 Å². The van der Waals surface area contributed by atoms with Gasteiger partial charge >= 0.3 is 0 Å². The Morgan fingerprint density at radius 1 is 1.10 bits per heavy atom. The monoisotopic (exact) mass is 600 g/mol. The molecular weight excluding hydrogens is 560 g/mol. The van der Waals surface area contributed by atoms with E-state index < -0.39 is 21.2 Å². The molecule has 1 fully saturated rings. The van der Waals surface area contributed by atoms with Crippen LogP contribution in [0.15, 0.2) is 48.6 Å². The third kappa shape index (κ3) is 6.76. The van der Waals surface area contributed by atoms with Crippen molar-refractivity contribution in [2.75, 3.05) is 24.6 Å². The summed E-state index contributed by atoms with van der Waals surface area (Å²) in [4.78, 5) is 15.6. The van der Waals surface area contributed by atoms with Crippen LogP contribution in [0.4, 0.5) is 5.69 Å². The first kappa shape index (κ1) is 29.9. The Hall–Kier alpha value is -2.55. The number of halogens is 1. The van der Waals surface area contributed by atoms with Gasteiger partial charge in [-0.05, 0) is 105 Å². The Morgan fingerprint density at radius 3 is 2.68 bits per heavy atom. The van der Waals surface area contributed by atoms with Crippen LogP contribution in [0.3, 0.4) is 0 Å². The van der Waals surface area contributed by atoms with E-state index in [0.717, 1.165) is 56.4 Å². The van der Waals surface area contributed by atoms with Crippen LogP contribution in [0, 0.1) is 23.7 Å². The molecule has 1 saturated carbocycles. The van der Waals surface area contributed by atoms with E-state index in [1.165, 1.54) is 5.56 Å². The van der Waals surface area contributed by atoms with Gasteiger partial charge in [-0.2, -0.15) is 0 Å². The molecular formula is C32H41ClN2O5S. The number of fused-ring (bicyclic) bond motifs is 3. The summed E-state index contributed by atoms with van der Waals surface area (Å²) in [5.41, 5.74) is 3.34. The molecule has 0 saturated heterocycles. The molecule has 1 amide bonds. The number of nitrogens with one attached hydrogen (secondary N) is 1. The average molecular weight is 601 g/mol. The molecule has 41 heavy (non-hydrogen) atoms. The molecule has 2 aliphatic heterocycles. The molecule has 7 nitrogen and oxygen atoms in total. The number of amides is 1. The van der Waals surface area contributed by atoms with E-state index in [2.05, 4.69) is 15.7 Å². The van der Waals surface area contributed by atoms with Gasteiger partial charge in [0, 0.05) is 36.2 Å². The number of allylic oxidation sites excluding steroid dienone is 1. The summed E-state index contributed by atoms with van der Waals surface area (Å²) in [6.45, 7) is 5.50. The smallest absolute Gasteiger partial charge is 0.264 e. The highest BCUT2D eigenvalue weighted by molar-refractivity contribution is 7.90. The van der Waals surface area contributed by atoms with E-state index in [1.54, 1.807) is 25.1 Å². The fourth-order valence-electron chi connectivity index (χ4n) is 6.33. The first-order valence-corrected chi connectivity index (χ1v) is 16.7. The van der Waals surface area contributed by atoms with Crippen LogP contribution >= 0.6 is 11.6 Å². The summed E-state index contributed by atoms with van der Waals surface area (Å²) in [5.74, 6) is 0.602. The highest BCUT2D eigenvalue weighted by atomic mass is 35.5. The zero-order chi connectivity index (χ0) is 29.1. The number of carbonyl (C=O) groups is 1. The van der Waals surface area contributed by atoms with Gasteiger partial charge in [-0.1, -0.05) is 36.7 Å². The van der Waals surface area contributed by atoms with Crippen molar-refractivity contribution >= 4 is 33.2 Å². The minimum atomic E-state index is -3.90. The zero-order valence-electron chi connectivity index (χ0n) is 23.9. The number of anilines is 1. The second kappa shape index (κ2) is 12.8. The van der Waals surface area contributed by atoms with Gasteiger partial charge in [0.05, 0.1) is 10.9 Å². The summed E-state index contributed by atoms with van der Waals surface area (Å²) in [6.07, 6.45) is 9.58. The van der Waals surface area contributed by atoms with Crippen molar-refractivity contribution < 1.29 is 23.1 Å². The van der Waals surface area contributed by atoms with Crippen molar-refractivity contribution in [2.24, 2.45) is 23.7 Å². The summed E-state index contributed by atoms with van der Waals surface area (Å²) in [6, 6.07) is 11.1. The third-order valence-electron chi connectivity index (χ3n) is 9.35. The SMILES string of the molecule is C[C@@H]1[C@@H](C)C/C=C/[C@H](CO)[C@@H]2CC[C@H]2CN2CCCCc3cc(Cl)ccc3COc3ccc(cc32)C(=O)NS1(=O)=O. The Labute approximate surface area is 249 Å². The Kier molecular flexibility index (Phi) is 9.31. The number of aliphatic hydroxyl groups excluding tert-OH is 1. The standard InChI is InChI=1S/C32H41ClN2O5S/c1-21-6-5-8-26(19-36)29-13-10-25(29)18-35-15-4-3-7-23-16-28(33)12-9-27(23)20-40-31-14-11-24(17-30(31)35)32(37)34-41(38,39)22(21)2/h5,8-9,11-12,14,16-17,21-22,25-26,29,36H,3-4,6-7,10,13,15,18-20H2,1-2H3,(H,34,37)/b8-5+/t21-,22+,25-,26+,29+/m0/s1. The molecule has 2 aromatic rings.